The van der Waals surface area contributed by atoms with Crippen molar-refractivity contribution in [2.24, 2.45) is 0 Å². The molecule has 0 fully saturated rings. The number of imidazole rings is 1. The van der Waals surface area contributed by atoms with E-state index < -0.39 is 0 Å². The van der Waals surface area contributed by atoms with Gasteiger partial charge in [0, 0.05) is 41.0 Å². The highest BCUT2D eigenvalue weighted by molar-refractivity contribution is 7.98. The first-order chi connectivity index (χ1) is 13.0. The summed E-state index contributed by atoms with van der Waals surface area (Å²) in [6, 6.07) is 10.2. The van der Waals surface area contributed by atoms with Crippen LogP contribution in [0.5, 0.6) is 0 Å². The molecule has 0 unspecified atom stereocenters. The van der Waals surface area contributed by atoms with Crippen molar-refractivity contribution in [3.05, 3.63) is 75.4 Å². The summed E-state index contributed by atoms with van der Waals surface area (Å²) in [6.45, 7) is 6.30. The number of hydrogen-bond donors (Lipinski definition) is 0. The fourth-order valence-corrected chi connectivity index (χ4v) is 4.68. The fourth-order valence-electron chi connectivity index (χ4n) is 2.93. The summed E-state index contributed by atoms with van der Waals surface area (Å²) in [6.07, 6.45) is 3.76. The van der Waals surface area contributed by atoms with Gasteiger partial charge in [0.05, 0.1) is 5.69 Å². The van der Waals surface area contributed by atoms with Crippen molar-refractivity contribution >= 4 is 28.1 Å². The Morgan fingerprint density at radius 3 is 2.74 bits per heavy atom. The maximum absolute atomic E-state index is 12.3. The largest absolute Gasteiger partial charge is 0.295 e. The summed E-state index contributed by atoms with van der Waals surface area (Å²) in [5, 5.41) is 2.84. The molecule has 0 atom stereocenters. The van der Waals surface area contributed by atoms with Gasteiger partial charge in [-0.1, -0.05) is 37.7 Å². The highest BCUT2D eigenvalue weighted by Gasteiger charge is 2.10. The number of thiazole rings is 1. The van der Waals surface area contributed by atoms with Gasteiger partial charge in [0.2, 0.25) is 0 Å². The van der Waals surface area contributed by atoms with Crippen molar-refractivity contribution < 1.29 is 0 Å². The van der Waals surface area contributed by atoms with Crippen LogP contribution in [0.1, 0.15) is 36.7 Å². The monoisotopic (exact) mass is 396 g/mol. The number of thioether (sulfide) groups is 1. The van der Waals surface area contributed by atoms with E-state index in [2.05, 4.69) is 52.6 Å². The number of nitrogens with zero attached hydrogens (tertiary/aromatic N) is 4. The smallest absolute Gasteiger partial charge is 0.258 e. The minimum atomic E-state index is -0.0260. The third-order valence-electron chi connectivity index (χ3n) is 4.42. The molecule has 7 heteroatoms. The number of hydrogen-bond acceptors (Lipinski definition) is 5. The van der Waals surface area contributed by atoms with Gasteiger partial charge in [-0.3, -0.25) is 13.8 Å². The third-order valence-corrected chi connectivity index (χ3v) is 6.37. The maximum Gasteiger partial charge on any atom is 0.258 e. The third kappa shape index (κ3) is 3.57. The molecule has 0 aliphatic heterocycles. The number of benzene rings is 1. The van der Waals surface area contributed by atoms with Gasteiger partial charge in [0.25, 0.3) is 5.56 Å². The lowest BCUT2D eigenvalue weighted by molar-refractivity contribution is 0.858. The van der Waals surface area contributed by atoms with Gasteiger partial charge in [0.15, 0.2) is 10.1 Å². The Labute approximate surface area is 165 Å². The Balaban J connectivity index is 1.56. The molecule has 0 spiro atoms. The average molecular weight is 397 g/mol. The Morgan fingerprint density at radius 2 is 2.00 bits per heavy atom. The van der Waals surface area contributed by atoms with Crippen LogP contribution in [0.3, 0.4) is 0 Å². The van der Waals surface area contributed by atoms with Gasteiger partial charge in [-0.05, 0) is 30.5 Å². The van der Waals surface area contributed by atoms with Crippen LogP contribution in [0, 0.1) is 6.92 Å². The van der Waals surface area contributed by atoms with Gasteiger partial charge in [-0.15, -0.1) is 11.3 Å². The molecule has 3 aromatic heterocycles. The molecule has 0 radical (unpaired) electrons. The minimum absolute atomic E-state index is 0.0260. The Bertz CT molecular complexity index is 1140. The first-order valence-corrected chi connectivity index (χ1v) is 10.6. The van der Waals surface area contributed by atoms with Crippen LogP contribution < -0.4 is 5.56 Å². The number of fused-ring (bicyclic) bond motifs is 1. The fraction of sp³-hybridized carbons (Fsp3) is 0.250. The average Bonchev–Trinajstić information content (AvgIpc) is 3.27. The molecular formula is C20H20N4OS2. The minimum Gasteiger partial charge on any atom is -0.295 e. The summed E-state index contributed by atoms with van der Waals surface area (Å²) in [7, 11) is 0. The molecule has 0 N–H and O–H groups in total. The predicted molar refractivity (Wildman–Crippen MR) is 111 cm³/mol. The molecule has 0 aliphatic rings. The molecule has 0 aliphatic carbocycles. The number of rotatable bonds is 5. The van der Waals surface area contributed by atoms with E-state index in [4.69, 9.17) is 0 Å². The van der Waals surface area contributed by atoms with Gasteiger partial charge in [-0.2, -0.15) is 0 Å². The van der Waals surface area contributed by atoms with Crippen molar-refractivity contribution in [3.63, 3.8) is 0 Å². The molecule has 138 valence electrons. The van der Waals surface area contributed by atoms with Crippen LogP contribution in [0.2, 0.25) is 0 Å². The van der Waals surface area contributed by atoms with Gasteiger partial charge < -0.3 is 0 Å². The molecule has 3 heterocycles. The second-order valence-corrected chi connectivity index (χ2v) is 8.47. The van der Waals surface area contributed by atoms with Crippen LogP contribution in [-0.4, -0.2) is 18.9 Å². The topological polar surface area (TPSA) is 52.2 Å². The molecular weight excluding hydrogens is 376 g/mol. The first-order valence-electron chi connectivity index (χ1n) is 8.76. The molecule has 0 saturated heterocycles. The van der Waals surface area contributed by atoms with E-state index in [1.165, 1.54) is 16.9 Å². The molecule has 0 saturated carbocycles. The standard InChI is InChI=1S/C20H20N4OS2/c1-13(2)15-4-6-17(7-5-15)23-9-8-21-19(23)27-12-16-10-18(25)24-14(3)11-26-20(24)22-16/h4-11,13H,12H2,1-3H3. The van der Waals surface area contributed by atoms with E-state index in [1.807, 2.05) is 18.5 Å². The van der Waals surface area contributed by atoms with E-state index in [0.717, 1.165) is 27.2 Å². The summed E-state index contributed by atoms with van der Waals surface area (Å²) < 4.78 is 3.71. The van der Waals surface area contributed by atoms with Crippen LogP contribution in [0.4, 0.5) is 0 Å². The van der Waals surface area contributed by atoms with E-state index in [-0.39, 0.29) is 5.56 Å². The van der Waals surface area contributed by atoms with Crippen molar-refractivity contribution in [2.75, 3.05) is 0 Å². The number of aromatic nitrogens is 4. The lowest BCUT2D eigenvalue weighted by Crippen LogP contribution is -2.14. The Kier molecular flexibility index (Phi) is 4.88. The van der Waals surface area contributed by atoms with Crippen molar-refractivity contribution in [1.82, 2.24) is 18.9 Å². The van der Waals surface area contributed by atoms with Crippen LogP contribution in [-0.2, 0) is 5.75 Å². The zero-order valence-corrected chi connectivity index (χ0v) is 17.0. The number of aryl methyl sites for hydroxylation is 1. The molecule has 5 nitrogen and oxygen atoms in total. The summed E-state index contributed by atoms with van der Waals surface area (Å²) in [5.74, 6) is 1.11. The van der Waals surface area contributed by atoms with Crippen LogP contribution >= 0.6 is 23.1 Å². The highest BCUT2D eigenvalue weighted by atomic mass is 32.2. The van der Waals surface area contributed by atoms with E-state index in [9.17, 15) is 4.79 Å². The van der Waals surface area contributed by atoms with Crippen LogP contribution in [0.15, 0.2) is 58.1 Å². The normalized spacial score (nSPS) is 11.6. The van der Waals surface area contributed by atoms with Crippen molar-refractivity contribution in [2.45, 2.75) is 37.6 Å². The van der Waals surface area contributed by atoms with E-state index in [1.54, 1.807) is 28.4 Å². The molecule has 27 heavy (non-hydrogen) atoms. The van der Waals surface area contributed by atoms with Crippen LogP contribution in [0.25, 0.3) is 10.6 Å². The van der Waals surface area contributed by atoms with Gasteiger partial charge in [-0.25, -0.2) is 9.97 Å². The van der Waals surface area contributed by atoms with E-state index >= 15 is 0 Å². The summed E-state index contributed by atoms with van der Waals surface area (Å²) >= 11 is 3.07. The predicted octanol–water partition coefficient (Wildman–Crippen LogP) is 4.67. The Hall–Kier alpha value is -2.38. The lowest BCUT2D eigenvalue weighted by atomic mass is 10.0. The zero-order chi connectivity index (χ0) is 19.0. The second kappa shape index (κ2) is 7.32. The van der Waals surface area contributed by atoms with Crippen molar-refractivity contribution in [3.8, 4) is 5.69 Å². The van der Waals surface area contributed by atoms with Gasteiger partial charge in [0.1, 0.15) is 0 Å². The molecule has 4 aromatic rings. The first kappa shape index (κ1) is 18.0. The second-order valence-electron chi connectivity index (χ2n) is 6.70. The van der Waals surface area contributed by atoms with E-state index in [0.29, 0.717) is 11.7 Å². The Morgan fingerprint density at radius 1 is 1.22 bits per heavy atom. The molecule has 0 amide bonds. The maximum atomic E-state index is 12.3. The lowest BCUT2D eigenvalue weighted by Gasteiger charge is -2.10. The quantitative estimate of drug-likeness (QED) is 0.460. The summed E-state index contributed by atoms with van der Waals surface area (Å²) in [4.78, 5) is 22.1. The van der Waals surface area contributed by atoms with Crippen molar-refractivity contribution in [1.29, 1.82) is 0 Å². The SMILES string of the molecule is Cc1csc2nc(CSc3nccn3-c3ccc(C(C)C)cc3)cc(=O)n12. The molecule has 0 bridgehead atoms. The highest BCUT2D eigenvalue weighted by Crippen LogP contribution is 2.25. The van der Waals surface area contributed by atoms with Gasteiger partial charge >= 0.3 is 0 Å². The zero-order valence-electron chi connectivity index (χ0n) is 15.4. The molecule has 1 aromatic carbocycles. The molecule has 4 rings (SSSR count). The summed E-state index contributed by atoms with van der Waals surface area (Å²) in [5.41, 5.74) is 4.07.